The number of amides is 1. The zero-order valence-electron chi connectivity index (χ0n) is 16.0. The van der Waals surface area contributed by atoms with Crippen molar-refractivity contribution in [1.82, 2.24) is 4.90 Å². The maximum absolute atomic E-state index is 13.5. The van der Waals surface area contributed by atoms with Crippen LogP contribution in [0.3, 0.4) is 0 Å². The first-order chi connectivity index (χ1) is 14.5. The van der Waals surface area contributed by atoms with E-state index in [1.165, 1.54) is 11.8 Å². The molecule has 3 nitrogen and oxygen atoms in total. The van der Waals surface area contributed by atoms with Crippen LogP contribution in [0.5, 0.6) is 11.5 Å². The Morgan fingerprint density at radius 3 is 2.60 bits per heavy atom. The number of ether oxygens (including phenoxy) is 1. The fourth-order valence-electron chi connectivity index (χ4n) is 3.82. The Labute approximate surface area is 189 Å². The Balaban J connectivity index is 1.63. The molecule has 30 heavy (non-hydrogen) atoms. The molecule has 2 heterocycles. The van der Waals surface area contributed by atoms with E-state index in [1.54, 1.807) is 4.90 Å². The minimum atomic E-state index is -0.338. The number of fused-ring (bicyclic) bond motifs is 2. The van der Waals surface area contributed by atoms with Gasteiger partial charge in [-0.1, -0.05) is 90.2 Å². The van der Waals surface area contributed by atoms with Crippen molar-refractivity contribution in [3.8, 4) is 11.5 Å². The van der Waals surface area contributed by atoms with Gasteiger partial charge in [0.15, 0.2) is 0 Å². The summed E-state index contributed by atoms with van der Waals surface area (Å²) >= 11 is 13.3. The summed E-state index contributed by atoms with van der Waals surface area (Å²) in [6, 6.07) is 20.9. The summed E-state index contributed by atoms with van der Waals surface area (Å²) in [5.74, 6) is 1.40. The van der Waals surface area contributed by atoms with E-state index >= 15 is 0 Å². The molecule has 0 aliphatic carbocycles. The molecule has 0 spiro atoms. The smallest absolute Gasteiger partial charge is 0.267 e. The number of para-hydroxylation sites is 2. The van der Waals surface area contributed by atoms with Crippen LogP contribution in [0.25, 0.3) is 6.08 Å². The minimum Gasteiger partial charge on any atom is -0.456 e. The molecule has 0 N–H and O–H groups in total. The van der Waals surface area contributed by atoms with E-state index in [-0.39, 0.29) is 11.9 Å². The van der Waals surface area contributed by atoms with Crippen LogP contribution < -0.4 is 4.74 Å². The number of rotatable bonds is 2. The third-order valence-electron chi connectivity index (χ3n) is 5.24. The highest BCUT2D eigenvalue weighted by atomic mass is 35.5. The highest BCUT2D eigenvalue weighted by molar-refractivity contribution is 8.26. The summed E-state index contributed by atoms with van der Waals surface area (Å²) in [7, 11) is 0. The molecule has 1 saturated heterocycles. The highest BCUT2D eigenvalue weighted by Gasteiger charge is 2.42. The topological polar surface area (TPSA) is 29.5 Å². The number of thiocarbonyl (C=S) groups is 1. The molecular formula is C24H16ClNO2S2. The summed E-state index contributed by atoms with van der Waals surface area (Å²) in [4.78, 5) is 15.8. The first kappa shape index (κ1) is 19.4. The quantitative estimate of drug-likeness (QED) is 0.320. The van der Waals surface area contributed by atoms with Crippen LogP contribution in [0, 0.1) is 6.92 Å². The van der Waals surface area contributed by atoms with Crippen LogP contribution in [0.2, 0.25) is 5.02 Å². The second-order valence-electron chi connectivity index (χ2n) is 7.11. The van der Waals surface area contributed by atoms with Crippen molar-refractivity contribution in [3.63, 3.8) is 0 Å². The zero-order valence-corrected chi connectivity index (χ0v) is 18.4. The number of nitrogens with zero attached hydrogens (tertiary/aromatic N) is 1. The average Bonchev–Trinajstić information content (AvgIpc) is 3.01. The molecule has 2 aliphatic rings. The van der Waals surface area contributed by atoms with Crippen molar-refractivity contribution >= 4 is 51.9 Å². The van der Waals surface area contributed by atoms with Crippen LogP contribution in [0.4, 0.5) is 0 Å². The lowest BCUT2D eigenvalue weighted by atomic mass is 9.92. The summed E-state index contributed by atoms with van der Waals surface area (Å²) in [5.41, 5.74) is 3.67. The third-order valence-corrected chi connectivity index (χ3v) is 6.91. The van der Waals surface area contributed by atoms with Gasteiger partial charge < -0.3 is 4.74 Å². The molecule has 1 fully saturated rings. The number of aryl methyl sites for hydroxylation is 1. The van der Waals surface area contributed by atoms with Crippen LogP contribution in [0.1, 0.15) is 28.3 Å². The largest absolute Gasteiger partial charge is 0.456 e. The van der Waals surface area contributed by atoms with Gasteiger partial charge in [-0.15, -0.1) is 0 Å². The number of benzene rings is 3. The van der Waals surface area contributed by atoms with E-state index in [0.29, 0.717) is 14.2 Å². The fourth-order valence-corrected chi connectivity index (χ4v) is 5.32. The lowest BCUT2D eigenvalue weighted by Crippen LogP contribution is -2.35. The van der Waals surface area contributed by atoms with Crippen molar-refractivity contribution in [2.75, 3.05) is 0 Å². The summed E-state index contributed by atoms with van der Waals surface area (Å²) in [6.45, 7) is 2.01. The van der Waals surface area contributed by atoms with Crippen molar-refractivity contribution in [1.29, 1.82) is 0 Å². The van der Waals surface area contributed by atoms with Crippen molar-refractivity contribution < 1.29 is 9.53 Å². The second kappa shape index (κ2) is 7.58. The van der Waals surface area contributed by atoms with E-state index in [0.717, 1.165) is 33.8 Å². The molecule has 1 unspecified atom stereocenters. The van der Waals surface area contributed by atoms with E-state index in [2.05, 4.69) is 0 Å². The number of hydrogen-bond donors (Lipinski definition) is 0. The molecule has 0 bridgehead atoms. The Morgan fingerprint density at radius 1 is 1.03 bits per heavy atom. The van der Waals surface area contributed by atoms with Crippen LogP contribution in [0.15, 0.2) is 71.6 Å². The lowest BCUT2D eigenvalue weighted by Gasteiger charge is -2.34. The van der Waals surface area contributed by atoms with Gasteiger partial charge in [-0.3, -0.25) is 9.69 Å². The van der Waals surface area contributed by atoms with E-state index in [9.17, 15) is 4.79 Å². The molecule has 5 rings (SSSR count). The lowest BCUT2D eigenvalue weighted by molar-refractivity contribution is -0.123. The van der Waals surface area contributed by atoms with E-state index in [4.69, 9.17) is 28.6 Å². The number of hydrogen-bond acceptors (Lipinski definition) is 4. The Kier molecular flexibility index (Phi) is 4.89. The number of carbonyl (C=O) groups is 1. The summed E-state index contributed by atoms with van der Waals surface area (Å²) in [5, 5.41) is 0.597. The van der Waals surface area contributed by atoms with Crippen molar-refractivity contribution in [3.05, 3.63) is 98.9 Å². The van der Waals surface area contributed by atoms with E-state index < -0.39 is 0 Å². The Hall–Kier alpha value is -2.60. The standard InChI is InChI=1S/C24H16ClNO2S2/c1-14-7-6-10-17-21(16-9-3-5-12-19(16)28-22(14)17)26-23(27)20(30-24(26)29)13-15-8-2-4-11-18(15)25/h2-13,21H,1H3. The van der Waals surface area contributed by atoms with Gasteiger partial charge in [-0.05, 0) is 36.3 Å². The second-order valence-corrected chi connectivity index (χ2v) is 9.19. The van der Waals surface area contributed by atoms with Gasteiger partial charge in [0, 0.05) is 16.1 Å². The molecule has 3 aromatic carbocycles. The predicted octanol–water partition coefficient (Wildman–Crippen LogP) is 6.74. The van der Waals surface area contributed by atoms with Gasteiger partial charge in [0.25, 0.3) is 5.91 Å². The fraction of sp³-hybridized carbons (Fsp3) is 0.0833. The van der Waals surface area contributed by atoms with Gasteiger partial charge in [0.05, 0.1) is 10.9 Å². The first-order valence-electron chi connectivity index (χ1n) is 9.42. The van der Waals surface area contributed by atoms with Gasteiger partial charge in [0.2, 0.25) is 0 Å². The molecular weight excluding hydrogens is 434 g/mol. The first-order valence-corrected chi connectivity index (χ1v) is 11.0. The van der Waals surface area contributed by atoms with Crippen molar-refractivity contribution in [2.45, 2.75) is 13.0 Å². The van der Waals surface area contributed by atoms with Gasteiger partial charge in [-0.25, -0.2) is 0 Å². The molecule has 6 heteroatoms. The van der Waals surface area contributed by atoms with E-state index in [1.807, 2.05) is 79.7 Å². The molecule has 1 atom stereocenters. The minimum absolute atomic E-state index is 0.126. The normalized spacial score (nSPS) is 18.9. The third kappa shape index (κ3) is 3.14. The highest BCUT2D eigenvalue weighted by Crippen LogP contribution is 2.50. The van der Waals surface area contributed by atoms with Crippen molar-refractivity contribution in [2.24, 2.45) is 0 Å². The van der Waals surface area contributed by atoms with Gasteiger partial charge in [0.1, 0.15) is 15.8 Å². The average molecular weight is 450 g/mol. The Bertz CT molecular complexity index is 1240. The van der Waals surface area contributed by atoms with Crippen LogP contribution in [-0.2, 0) is 4.79 Å². The molecule has 148 valence electrons. The van der Waals surface area contributed by atoms with Crippen LogP contribution >= 0.6 is 35.6 Å². The van der Waals surface area contributed by atoms with Gasteiger partial charge >= 0.3 is 0 Å². The predicted molar refractivity (Wildman–Crippen MR) is 126 cm³/mol. The molecule has 3 aromatic rings. The maximum Gasteiger partial charge on any atom is 0.267 e. The maximum atomic E-state index is 13.5. The zero-order chi connectivity index (χ0) is 20.8. The summed E-state index contributed by atoms with van der Waals surface area (Å²) < 4.78 is 6.71. The number of halogens is 1. The molecule has 0 radical (unpaired) electrons. The molecule has 1 amide bonds. The SMILES string of the molecule is Cc1cccc2c1Oc1ccccc1C2N1C(=O)C(=Cc2ccccc2Cl)SC1=S. The number of carbonyl (C=O) groups excluding carboxylic acids is 1. The molecule has 0 saturated carbocycles. The molecule has 2 aliphatic heterocycles. The summed E-state index contributed by atoms with van der Waals surface area (Å²) in [6.07, 6.45) is 1.81. The number of thioether (sulfide) groups is 1. The molecule has 0 aromatic heterocycles. The monoisotopic (exact) mass is 449 g/mol. The van der Waals surface area contributed by atoms with Gasteiger partial charge in [-0.2, -0.15) is 0 Å². The Morgan fingerprint density at radius 2 is 1.77 bits per heavy atom. The van der Waals surface area contributed by atoms with Crippen LogP contribution in [-0.4, -0.2) is 15.1 Å².